The molecule has 2 aromatic carbocycles. The van der Waals surface area contributed by atoms with Crippen molar-refractivity contribution in [2.45, 2.75) is 11.0 Å². The molecule has 3 rings (SSSR count). The highest BCUT2D eigenvalue weighted by atomic mass is 32.2. The minimum Gasteiger partial charge on any atom is -0.508 e. The van der Waals surface area contributed by atoms with Crippen LogP contribution in [0, 0.1) is 0 Å². The lowest BCUT2D eigenvalue weighted by atomic mass is 10.1. The van der Waals surface area contributed by atoms with Crippen LogP contribution in [0.1, 0.15) is 15.9 Å². The number of phenolic OH excluding ortho intramolecular Hbond substituents is 1. The molecule has 0 spiro atoms. The molecule has 1 aromatic heterocycles. The zero-order valence-electron chi connectivity index (χ0n) is 11.8. The van der Waals surface area contributed by atoms with E-state index < -0.39 is 5.97 Å². The smallest absolute Gasteiger partial charge is 0.335 e. The van der Waals surface area contributed by atoms with Gasteiger partial charge in [0, 0.05) is 11.3 Å². The van der Waals surface area contributed by atoms with Crippen LogP contribution in [0.4, 0.5) is 0 Å². The van der Waals surface area contributed by atoms with Crippen LogP contribution in [0.2, 0.25) is 0 Å². The topological polar surface area (TPSA) is 96.5 Å². The fourth-order valence-electron chi connectivity index (χ4n) is 1.88. The summed E-state index contributed by atoms with van der Waals surface area (Å²) >= 11 is 1.37. The first-order valence-corrected chi connectivity index (χ1v) is 7.68. The molecule has 0 aliphatic heterocycles. The third kappa shape index (κ3) is 3.70. The van der Waals surface area contributed by atoms with Crippen molar-refractivity contribution in [2.24, 2.45) is 0 Å². The number of aromatic nitrogens is 2. The van der Waals surface area contributed by atoms with Gasteiger partial charge in [0.1, 0.15) is 5.75 Å². The Bertz CT molecular complexity index is 813. The van der Waals surface area contributed by atoms with E-state index in [2.05, 4.69) is 10.2 Å². The van der Waals surface area contributed by atoms with Crippen molar-refractivity contribution in [3.05, 3.63) is 59.7 Å². The Kier molecular flexibility index (Phi) is 4.29. The Morgan fingerprint density at radius 3 is 2.39 bits per heavy atom. The van der Waals surface area contributed by atoms with Crippen LogP contribution in [0.5, 0.6) is 5.75 Å². The van der Waals surface area contributed by atoms with Gasteiger partial charge in [-0.1, -0.05) is 23.9 Å². The monoisotopic (exact) mass is 328 g/mol. The van der Waals surface area contributed by atoms with Crippen molar-refractivity contribution < 1.29 is 19.4 Å². The van der Waals surface area contributed by atoms with E-state index in [-0.39, 0.29) is 11.3 Å². The highest BCUT2D eigenvalue weighted by Gasteiger charge is 2.09. The van der Waals surface area contributed by atoms with Gasteiger partial charge in [-0.25, -0.2) is 4.79 Å². The van der Waals surface area contributed by atoms with Crippen molar-refractivity contribution in [1.82, 2.24) is 10.2 Å². The predicted molar refractivity (Wildman–Crippen MR) is 84.4 cm³/mol. The number of hydrogen-bond donors (Lipinski definition) is 2. The molecule has 0 atom stereocenters. The zero-order chi connectivity index (χ0) is 16.2. The number of carboxylic acids is 1. The first-order valence-electron chi connectivity index (χ1n) is 6.70. The average Bonchev–Trinajstić information content (AvgIpc) is 3.03. The van der Waals surface area contributed by atoms with Crippen LogP contribution in [0.3, 0.4) is 0 Å². The molecule has 23 heavy (non-hydrogen) atoms. The molecule has 7 heteroatoms. The minimum absolute atomic E-state index is 0.174. The lowest BCUT2D eigenvalue weighted by Crippen LogP contribution is -1.95. The number of rotatable bonds is 5. The van der Waals surface area contributed by atoms with Crippen molar-refractivity contribution in [3.8, 4) is 17.2 Å². The third-order valence-corrected chi connectivity index (χ3v) is 3.97. The van der Waals surface area contributed by atoms with Crippen LogP contribution >= 0.6 is 11.8 Å². The molecule has 0 unspecified atom stereocenters. The Hall–Kier alpha value is -2.80. The number of phenols is 1. The Balaban J connectivity index is 1.65. The summed E-state index contributed by atoms with van der Waals surface area (Å²) in [5.41, 5.74) is 1.95. The molecule has 3 aromatic rings. The summed E-state index contributed by atoms with van der Waals surface area (Å²) in [7, 11) is 0. The minimum atomic E-state index is -0.945. The largest absolute Gasteiger partial charge is 0.508 e. The van der Waals surface area contributed by atoms with E-state index in [0.717, 1.165) is 11.1 Å². The van der Waals surface area contributed by atoms with Gasteiger partial charge in [-0.2, -0.15) is 0 Å². The first kappa shape index (κ1) is 15.1. The molecule has 0 radical (unpaired) electrons. The number of benzene rings is 2. The van der Waals surface area contributed by atoms with Crippen LogP contribution in [0.15, 0.2) is 58.2 Å². The maximum Gasteiger partial charge on any atom is 0.335 e. The second-order valence-electron chi connectivity index (χ2n) is 4.71. The van der Waals surface area contributed by atoms with Crippen LogP contribution in [-0.4, -0.2) is 26.4 Å². The second kappa shape index (κ2) is 6.53. The van der Waals surface area contributed by atoms with Gasteiger partial charge < -0.3 is 14.6 Å². The molecule has 0 aliphatic rings. The van der Waals surface area contributed by atoms with E-state index in [9.17, 15) is 9.90 Å². The van der Waals surface area contributed by atoms with Gasteiger partial charge in [-0.15, -0.1) is 10.2 Å². The van der Waals surface area contributed by atoms with Crippen molar-refractivity contribution >= 4 is 17.7 Å². The van der Waals surface area contributed by atoms with E-state index in [0.29, 0.717) is 16.9 Å². The quantitative estimate of drug-likeness (QED) is 0.692. The van der Waals surface area contributed by atoms with Crippen LogP contribution in [-0.2, 0) is 5.75 Å². The second-order valence-corrected chi connectivity index (χ2v) is 5.64. The summed E-state index contributed by atoms with van der Waals surface area (Å²) in [4.78, 5) is 10.8. The van der Waals surface area contributed by atoms with E-state index in [1.807, 2.05) is 0 Å². The Morgan fingerprint density at radius 1 is 1.04 bits per heavy atom. The predicted octanol–water partition coefficient (Wildman–Crippen LogP) is 3.43. The molecule has 0 amide bonds. The Morgan fingerprint density at radius 2 is 1.74 bits per heavy atom. The normalized spacial score (nSPS) is 10.6. The van der Waals surface area contributed by atoms with Gasteiger partial charge in [0.25, 0.3) is 5.22 Å². The number of thioether (sulfide) groups is 1. The molecule has 1 heterocycles. The van der Waals surface area contributed by atoms with E-state index in [4.69, 9.17) is 9.52 Å². The lowest BCUT2D eigenvalue weighted by molar-refractivity contribution is 0.0697. The fraction of sp³-hybridized carbons (Fsp3) is 0.0625. The maximum atomic E-state index is 10.8. The summed E-state index contributed by atoms with van der Waals surface area (Å²) < 4.78 is 5.56. The number of aromatic hydroxyl groups is 1. The number of carbonyl (C=O) groups is 1. The average molecular weight is 328 g/mol. The molecule has 0 saturated carbocycles. The molecular weight excluding hydrogens is 316 g/mol. The molecule has 6 nitrogen and oxygen atoms in total. The van der Waals surface area contributed by atoms with Gasteiger partial charge in [0.15, 0.2) is 0 Å². The number of nitrogens with zero attached hydrogens (tertiary/aromatic N) is 2. The van der Waals surface area contributed by atoms with E-state index in [1.54, 1.807) is 48.5 Å². The SMILES string of the molecule is O=C(O)c1ccc(CSc2nnc(-c3ccc(O)cc3)o2)cc1. The van der Waals surface area contributed by atoms with Gasteiger partial charge in [-0.05, 0) is 42.0 Å². The highest BCUT2D eigenvalue weighted by molar-refractivity contribution is 7.98. The molecular formula is C16H12N2O4S. The van der Waals surface area contributed by atoms with Crippen LogP contribution in [0.25, 0.3) is 11.5 Å². The molecule has 0 saturated heterocycles. The highest BCUT2D eigenvalue weighted by Crippen LogP contribution is 2.26. The third-order valence-electron chi connectivity index (χ3n) is 3.08. The van der Waals surface area contributed by atoms with Crippen molar-refractivity contribution in [1.29, 1.82) is 0 Å². The fourth-order valence-corrected chi connectivity index (χ4v) is 2.60. The van der Waals surface area contributed by atoms with Crippen molar-refractivity contribution in [3.63, 3.8) is 0 Å². The summed E-state index contributed by atoms with van der Waals surface area (Å²) in [5.74, 6) is 0.206. The van der Waals surface area contributed by atoms with Crippen molar-refractivity contribution in [2.75, 3.05) is 0 Å². The molecule has 0 bridgehead atoms. The van der Waals surface area contributed by atoms with Gasteiger partial charge in [0.2, 0.25) is 5.89 Å². The van der Waals surface area contributed by atoms with E-state index in [1.165, 1.54) is 11.8 Å². The van der Waals surface area contributed by atoms with E-state index >= 15 is 0 Å². The molecule has 2 N–H and O–H groups in total. The number of aromatic carboxylic acids is 1. The summed E-state index contributed by atoms with van der Waals surface area (Å²) in [6.45, 7) is 0. The standard InChI is InChI=1S/C16H12N2O4S/c19-13-7-5-11(6-8-13)14-17-18-16(22-14)23-9-10-1-3-12(4-2-10)15(20)21/h1-8,19H,9H2,(H,20,21). The first-order chi connectivity index (χ1) is 11.1. The molecule has 0 aliphatic carbocycles. The van der Waals surface area contributed by atoms with Gasteiger partial charge >= 0.3 is 5.97 Å². The zero-order valence-corrected chi connectivity index (χ0v) is 12.7. The lowest BCUT2D eigenvalue weighted by Gasteiger charge is -1.99. The molecule has 116 valence electrons. The maximum absolute atomic E-state index is 10.8. The Labute approximate surface area is 135 Å². The number of carboxylic acid groups (broad SMARTS) is 1. The molecule has 0 fully saturated rings. The summed E-state index contributed by atoms with van der Waals surface area (Å²) in [6.07, 6.45) is 0. The van der Waals surface area contributed by atoms with Gasteiger partial charge in [0.05, 0.1) is 5.56 Å². The number of hydrogen-bond acceptors (Lipinski definition) is 6. The summed E-state index contributed by atoms with van der Waals surface area (Å²) in [6, 6.07) is 13.1. The van der Waals surface area contributed by atoms with Gasteiger partial charge in [-0.3, -0.25) is 0 Å². The van der Waals surface area contributed by atoms with Crippen LogP contribution < -0.4 is 0 Å². The summed E-state index contributed by atoms with van der Waals surface area (Å²) in [5, 5.41) is 26.5.